The van der Waals surface area contributed by atoms with Gasteiger partial charge in [0.15, 0.2) is 0 Å². The molecule has 4 heterocycles. The van der Waals surface area contributed by atoms with Gasteiger partial charge in [-0.2, -0.15) is 24.2 Å². The Morgan fingerprint density at radius 3 is 1.19 bits per heavy atom. The number of hydrogen-bond acceptors (Lipinski definition) is 0. The standard InChI is InChI=1S/C18H34N2.2C11H12FN.F6P.Ir/c1-17(2,3)13-7-9-19-15(11-13)16-12-14(8-10-20-16)18(4,5)6;2*12-10-6-4-9(5-7-10)11-3-1-2-8-13-11;1-7(2,3,4,5)6;/h13-16H,7-12H2,1-6H3;2*4,6-7,11H,1-3,8H2;;/q3*-2;-1;. The van der Waals surface area contributed by atoms with E-state index in [4.69, 9.17) is 10.6 Å². The van der Waals surface area contributed by atoms with Crippen molar-refractivity contribution in [1.29, 1.82) is 0 Å². The molecule has 4 saturated heterocycles. The largest absolute Gasteiger partial charge is 0 e. The third kappa shape index (κ3) is 20.2. The maximum Gasteiger partial charge on any atom is 0 e. The molecule has 6 rings (SSSR count). The minimum atomic E-state index is -10.7. The van der Waals surface area contributed by atoms with E-state index in [1.165, 1.54) is 75.7 Å². The van der Waals surface area contributed by atoms with Gasteiger partial charge in [0.2, 0.25) is 0 Å². The molecule has 0 aromatic carbocycles. The van der Waals surface area contributed by atoms with Crippen LogP contribution in [0.25, 0.3) is 21.3 Å². The molecule has 4 fully saturated rings. The Hall–Kier alpha value is -1.38. The Morgan fingerprint density at radius 1 is 0.574 bits per heavy atom. The van der Waals surface area contributed by atoms with Gasteiger partial charge in [0.25, 0.3) is 0 Å². The second-order valence-corrected chi connectivity index (χ2v) is 18.8. The Morgan fingerprint density at radius 2 is 0.926 bits per heavy atom. The second-order valence-electron chi connectivity index (χ2n) is 16.8. The van der Waals surface area contributed by atoms with Crippen LogP contribution in [0.1, 0.15) is 106 Å². The molecule has 6 aliphatic rings. The van der Waals surface area contributed by atoms with Gasteiger partial charge in [0.1, 0.15) is 0 Å². The monoisotopic (exact) mass is 970 g/mol. The molecule has 1 radical (unpaired) electrons. The molecule has 6 unspecified atom stereocenters. The van der Waals surface area contributed by atoms with Gasteiger partial charge in [-0.1, -0.05) is 106 Å². The van der Waals surface area contributed by atoms with Gasteiger partial charge in [0, 0.05) is 32.4 Å². The van der Waals surface area contributed by atoms with Gasteiger partial charge in [-0.25, -0.2) is 0 Å². The van der Waals surface area contributed by atoms with Crippen molar-refractivity contribution in [2.24, 2.45) is 22.7 Å². The first-order valence-corrected chi connectivity index (χ1v) is 20.9. The van der Waals surface area contributed by atoms with Crippen LogP contribution >= 0.6 is 7.81 Å². The average molecular weight is 970 g/mol. The van der Waals surface area contributed by atoms with Gasteiger partial charge in [-0.05, 0) is 22.7 Å². The van der Waals surface area contributed by atoms with Gasteiger partial charge < -0.3 is 21.3 Å². The average Bonchev–Trinajstić information content (AvgIpc) is 3.08. The number of nitrogens with zero attached hydrogens (tertiary/aromatic N) is 4. The van der Waals surface area contributed by atoms with Gasteiger partial charge in [-0.3, -0.25) is 20.2 Å². The molecule has 54 heavy (non-hydrogen) atoms. The Labute approximate surface area is 332 Å². The Balaban J connectivity index is 0.000000262. The zero-order chi connectivity index (χ0) is 39.6. The summed E-state index contributed by atoms with van der Waals surface area (Å²) < 4.78 is 84.4. The summed E-state index contributed by atoms with van der Waals surface area (Å²) in [6, 6.07) is 1.51. The van der Waals surface area contributed by atoms with Crippen LogP contribution in [-0.4, -0.2) is 50.3 Å². The van der Waals surface area contributed by atoms with Crippen LogP contribution in [0, 0.1) is 35.0 Å². The van der Waals surface area contributed by atoms with Crippen LogP contribution in [0.5, 0.6) is 0 Å². The smallest absolute Gasteiger partial charge is 0 e. The summed E-state index contributed by atoms with van der Waals surface area (Å²) in [5, 5.41) is 18.8. The molecule has 0 saturated carbocycles. The number of halogens is 8. The molecule has 0 N–H and O–H groups in total. The van der Waals surface area contributed by atoms with E-state index in [-0.39, 0.29) is 44.5 Å². The fourth-order valence-electron chi connectivity index (χ4n) is 7.22. The molecule has 0 amide bonds. The predicted octanol–water partition coefficient (Wildman–Crippen LogP) is 14.9. The summed E-state index contributed by atoms with van der Waals surface area (Å²) >= 11 is 0. The molecule has 0 aromatic rings. The molecule has 0 bridgehead atoms. The Kier molecular flexibility index (Phi) is 17.9. The first-order chi connectivity index (χ1) is 24.3. The van der Waals surface area contributed by atoms with E-state index >= 15 is 0 Å². The van der Waals surface area contributed by atoms with Crippen molar-refractivity contribution in [3.05, 3.63) is 92.7 Å². The van der Waals surface area contributed by atoms with Crippen molar-refractivity contribution >= 4 is 7.81 Å². The molecule has 4 nitrogen and oxygen atoms in total. The molecule has 315 valence electrons. The normalized spacial score (nSPS) is 30.0. The topological polar surface area (TPSA) is 56.4 Å². The van der Waals surface area contributed by atoms with Crippen LogP contribution in [0.2, 0.25) is 0 Å². The van der Waals surface area contributed by atoms with Gasteiger partial charge in [-0.15, -0.1) is 73.7 Å². The van der Waals surface area contributed by atoms with Crippen LogP contribution in [-0.2, 0) is 20.1 Å². The van der Waals surface area contributed by atoms with Crippen LogP contribution in [0.3, 0.4) is 0 Å². The maximum absolute atomic E-state index is 12.6. The zero-order valence-electron chi connectivity index (χ0n) is 32.4. The molecule has 14 heteroatoms. The third-order valence-corrected chi connectivity index (χ3v) is 10.4. The van der Waals surface area contributed by atoms with Crippen molar-refractivity contribution in [3.63, 3.8) is 0 Å². The minimum absolute atomic E-state index is 0. The van der Waals surface area contributed by atoms with Gasteiger partial charge >= 0.3 is 33.0 Å². The fourth-order valence-corrected chi connectivity index (χ4v) is 7.22. The van der Waals surface area contributed by atoms with Crippen molar-refractivity contribution in [3.8, 4) is 0 Å². The fraction of sp³-hybridized carbons (Fsp3) is 0.700. The molecular formula is C40H58F8IrN4P-7. The Bertz CT molecular complexity index is 1260. The first kappa shape index (κ1) is 48.8. The minimum Gasteiger partial charge on any atom is 0 e. The molecule has 6 atom stereocenters. The zero-order valence-corrected chi connectivity index (χ0v) is 35.7. The molecule has 0 aromatic heterocycles. The van der Waals surface area contributed by atoms with E-state index in [2.05, 4.69) is 63.6 Å². The summed E-state index contributed by atoms with van der Waals surface area (Å²) in [5.74, 6) is 1.63. The molecule has 0 spiro atoms. The molecular weight excluding hydrogens is 912 g/mol. The van der Waals surface area contributed by atoms with Crippen molar-refractivity contribution in [1.82, 2.24) is 0 Å². The van der Waals surface area contributed by atoms with E-state index in [1.54, 1.807) is 12.2 Å². The van der Waals surface area contributed by atoms with E-state index in [0.29, 0.717) is 22.9 Å². The van der Waals surface area contributed by atoms with E-state index < -0.39 is 7.81 Å². The van der Waals surface area contributed by atoms with Crippen LogP contribution in [0.15, 0.2) is 59.1 Å². The number of allylic oxidation sites excluding steroid dienone is 2. The molecule has 4 aliphatic heterocycles. The second kappa shape index (κ2) is 19.9. The van der Waals surface area contributed by atoms with E-state index in [9.17, 15) is 34.0 Å². The SMILES string of the molecule is CC(C)(C)C1CC[N-]C(C2CC(C(C)(C)C)CC[N-]2)C1.F[C-]1C=C=C(C2CCCC[N-]2)C=C1.F[C-]1C=C=C(C2CCCC[N-]2)C=C1.F[P-](F)(F)(F)(F)F.[Ir]. The summed E-state index contributed by atoms with van der Waals surface area (Å²) in [7, 11) is -10.7. The summed E-state index contributed by atoms with van der Waals surface area (Å²) in [6.45, 7) is 18.3. The number of hydrogen-bond donors (Lipinski definition) is 0. The molecule has 2 aliphatic carbocycles. The summed E-state index contributed by atoms with van der Waals surface area (Å²) in [5.41, 5.74) is 8.78. The summed E-state index contributed by atoms with van der Waals surface area (Å²) in [6.07, 6.45) is 20.9. The van der Waals surface area contributed by atoms with Crippen molar-refractivity contribution in [2.75, 3.05) is 26.2 Å². The van der Waals surface area contributed by atoms with E-state index in [1.807, 2.05) is 0 Å². The quantitative estimate of drug-likeness (QED) is 0.117. The predicted molar refractivity (Wildman–Crippen MR) is 204 cm³/mol. The maximum atomic E-state index is 12.6. The summed E-state index contributed by atoms with van der Waals surface area (Å²) in [4.78, 5) is 0. The number of piperidine rings is 4. The van der Waals surface area contributed by atoms with E-state index in [0.717, 1.165) is 62.0 Å². The van der Waals surface area contributed by atoms with Crippen LogP contribution in [0.4, 0.5) is 34.0 Å². The number of rotatable bonds is 3. The van der Waals surface area contributed by atoms with Crippen LogP contribution < -0.4 is 0 Å². The van der Waals surface area contributed by atoms with Gasteiger partial charge in [0.05, 0.1) is 0 Å². The van der Waals surface area contributed by atoms with Crippen molar-refractivity contribution < 1.29 is 54.1 Å². The first-order valence-electron chi connectivity index (χ1n) is 18.9. The third-order valence-electron chi connectivity index (χ3n) is 10.4. The van der Waals surface area contributed by atoms with Crippen molar-refractivity contribution in [2.45, 2.75) is 130 Å².